The number of nitrogens with zero attached hydrogens (tertiary/aromatic N) is 14. The molecule has 0 aliphatic carbocycles. The van der Waals surface area contributed by atoms with Crippen LogP contribution in [0.5, 0.6) is 0 Å². The standard InChI is InChI=1S/C11H11N2O.2C11H11N2S.2C10H10N3O.C10H8N2S.CH4/c1-8-12(2)10-7-13-6-4-3-5-9(13)11(10)14-8;1-8-12(2)7-11-13(8)9-5-3-4-6-10(9)14-11;1-8-7-13-9-5-3-4-6-10(9)14-11(13)12(8)2;1-7-12(2)10-9(14-7)11-8-5-3-4-6-13(8)10;1-7-12(2)9-10(14-7)13-6-4-3-5-8(13)11-9;1-7-10-12(6-11-7)8-4-2-3-5-9(8)13-10;/h3*3-7H,1-2H3;2*3-6H,1-2H3;2-6H,1H3;1H4/q5*+1;;. The van der Waals surface area contributed by atoms with E-state index >= 15 is 0 Å². The summed E-state index contributed by atoms with van der Waals surface area (Å²) >= 11 is 5.47. The number of fused-ring (bicyclic) bond motifs is 18. The van der Waals surface area contributed by atoms with Crippen LogP contribution in [0.25, 0.3) is 95.9 Å². The number of para-hydroxylation sites is 3. The molecule has 18 rings (SSSR count). The zero-order valence-electron chi connectivity index (χ0n) is 47.9. The Morgan fingerprint density at radius 3 is 1.93 bits per heavy atom. The Balaban J connectivity index is 0.0000000990. The third-order valence-electron chi connectivity index (χ3n) is 15.3. The number of hydrogen-bond acceptors (Lipinski definition) is 9. The summed E-state index contributed by atoms with van der Waals surface area (Å²) < 4.78 is 44.0. The van der Waals surface area contributed by atoms with Gasteiger partial charge in [0.15, 0.2) is 11.0 Å². The van der Waals surface area contributed by atoms with Gasteiger partial charge in [0.05, 0.1) is 78.3 Å². The Labute approximate surface area is 494 Å². The van der Waals surface area contributed by atoms with Crippen LogP contribution in [-0.2, 0) is 35.2 Å². The Kier molecular flexibility index (Phi) is 14.4. The van der Waals surface area contributed by atoms with Gasteiger partial charge in [-0.1, -0.05) is 73.4 Å². The quantitative estimate of drug-likeness (QED) is 0.139. The number of oxazole rings is 3. The van der Waals surface area contributed by atoms with Gasteiger partial charge in [0, 0.05) is 52.2 Å². The highest BCUT2D eigenvalue weighted by Crippen LogP contribution is 2.29. The second-order valence-corrected chi connectivity index (χ2v) is 23.5. The number of imidazole rings is 5. The number of aryl methyl sites for hydroxylation is 11. The summed E-state index contributed by atoms with van der Waals surface area (Å²) in [6.07, 6.45) is 14.3. The lowest BCUT2D eigenvalue weighted by Crippen LogP contribution is -2.30. The predicted octanol–water partition coefficient (Wildman–Crippen LogP) is 12.3. The van der Waals surface area contributed by atoms with Crippen LogP contribution in [-0.4, -0.2) is 41.5 Å². The number of aromatic nitrogens is 14. The van der Waals surface area contributed by atoms with E-state index < -0.39 is 0 Å². The first-order chi connectivity index (χ1) is 40.2. The second-order valence-electron chi connectivity index (χ2n) is 20.4. The van der Waals surface area contributed by atoms with Crippen LogP contribution in [0.1, 0.15) is 42.3 Å². The van der Waals surface area contributed by atoms with Gasteiger partial charge in [0.2, 0.25) is 16.1 Å². The smallest absolute Gasteiger partial charge is 0.389 e. The molecule has 0 bridgehead atoms. The summed E-state index contributed by atoms with van der Waals surface area (Å²) in [5, 5.41) is 0. The second kappa shape index (κ2) is 22.0. The zero-order valence-corrected chi connectivity index (χ0v) is 50.3. The predicted molar refractivity (Wildman–Crippen MR) is 334 cm³/mol. The maximum Gasteiger partial charge on any atom is 0.389 e. The monoisotopic (exact) mass is 1170 g/mol. The Morgan fingerprint density at radius 2 is 1.15 bits per heavy atom. The van der Waals surface area contributed by atoms with E-state index in [9.17, 15) is 0 Å². The van der Waals surface area contributed by atoms with Gasteiger partial charge < -0.3 is 17.7 Å². The van der Waals surface area contributed by atoms with E-state index in [1.807, 2.05) is 163 Å². The molecule has 0 unspecified atom stereocenters. The number of rotatable bonds is 0. The van der Waals surface area contributed by atoms with Crippen molar-refractivity contribution in [3.63, 3.8) is 0 Å². The van der Waals surface area contributed by atoms with Gasteiger partial charge in [-0.3, -0.25) is 4.40 Å². The average Bonchev–Trinajstić information content (AvgIpc) is 4.51. The van der Waals surface area contributed by atoms with Gasteiger partial charge in [-0.25, -0.2) is 18.5 Å². The van der Waals surface area contributed by atoms with Crippen molar-refractivity contribution in [2.24, 2.45) is 35.2 Å². The minimum absolute atomic E-state index is 0. The molecule has 84 heavy (non-hydrogen) atoms. The van der Waals surface area contributed by atoms with Gasteiger partial charge in [-0.15, -0.1) is 11.3 Å². The van der Waals surface area contributed by atoms with E-state index in [-0.39, 0.29) is 7.43 Å². The van der Waals surface area contributed by atoms with Crippen molar-refractivity contribution in [3.8, 4) is 0 Å². The minimum atomic E-state index is 0. The van der Waals surface area contributed by atoms with Crippen LogP contribution in [0.4, 0.5) is 0 Å². The number of benzene rings is 3. The average molecular weight is 1170 g/mol. The highest BCUT2D eigenvalue weighted by molar-refractivity contribution is 7.24. The van der Waals surface area contributed by atoms with Crippen LogP contribution >= 0.6 is 34.0 Å². The number of thiazole rings is 3. The highest BCUT2D eigenvalue weighted by atomic mass is 32.1. The lowest BCUT2D eigenvalue weighted by atomic mass is 10.3. The van der Waals surface area contributed by atoms with E-state index in [1.54, 1.807) is 11.3 Å². The molecule has 0 saturated carbocycles. The van der Waals surface area contributed by atoms with Crippen LogP contribution in [0.2, 0.25) is 0 Å². The lowest BCUT2D eigenvalue weighted by molar-refractivity contribution is -0.676. The first-order valence-corrected chi connectivity index (χ1v) is 29.5. The maximum atomic E-state index is 5.69. The molecule has 15 aromatic heterocycles. The summed E-state index contributed by atoms with van der Waals surface area (Å²) in [5.74, 6) is 3.93. The number of pyridine rings is 3. The molecule has 0 saturated heterocycles. The lowest BCUT2D eigenvalue weighted by Gasteiger charge is -1.89. The molecule has 18 aromatic rings. The molecule has 0 fully saturated rings. The topological polar surface area (TPSA) is 125 Å². The van der Waals surface area contributed by atoms with E-state index in [4.69, 9.17) is 13.3 Å². The van der Waals surface area contributed by atoms with Crippen molar-refractivity contribution in [2.45, 2.75) is 49.0 Å². The van der Waals surface area contributed by atoms with Gasteiger partial charge in [0.1, 0.15) is 36.3 Å². The highest BCUT2D eigenvalue weighted by Gasteiger charge is 2.24. The SMILES string of the molecule is C.Cc1c[n+]2c3ccccc3sc2n1C.Cc1n2c(c[n+]1C)sc1ccccc12.Cc1ncn2c1sc1ccccc12.Cc1oc2c(nc3ccccn32)[n+]1C.Cc1oc2c3ccccn3cc2[n+]1C.Cc1oc2nc3ccccn3c2[n+]1C. The van der Waals surface area contributed by atoms with E-state index in [1.165, 1.54) is 56.8 Å². The number of hydrogen-bond donors (Lipinski definition) is 0. The van der Waals surface area contributed by atoms with Gasteiger partial charge >= 0.3 is 33.6 Å². The largest absolute Gasteiger partial charge is 0.401 e. The van der Waals surface area contributed by atoms with Gasteiger partial charge in [-0.2, -0.15) is 31.9 Å². The Morgan fingerprint density at radius 1 is 0.536 bits per heavy atom. The van der Waals surface area contributed by atoms with Crippen molar-refractivity contribution in [1.82, 2.24) is 41.5 Å². The van der Waals surface area contributed by atoms with Crippen LogP contribution in [0, 0.1) is 41.5 Å². The fourth-order valence-electron chi connectivity index (χ4n) is 10.3. The molecule has 20 heteroatoms. The molecule has 0 aliphatic rings. The fraction of sp³-hybridized carbons (Fsp3) is 0.188. The minimum Gasteiger partial charge on any atom is -0.401 e. The Hall–Kier alpha value is -9.50. The maximum absolute atomic E-state index is 5.69. The molecule has 422 valence electrons. The molecule has 17 nitrogen and oxygen atoms in total. The molecule has 15 heterocycles. The van der Waals surface area contributed by atoms with Crippen molar-refractivity contribution in [3.05, 3.63) is 206 Å². The summed E-state index contributed by atoms with van der Waals surface area (Å²) in [6.45, 7) is 12.2. The van der Waals surface area contributed by atoms with E-state index in [0.29, 0.717) is 5.71 Å². The van der Waals surface area contributed by atoms with Gasteiger partial charge in [-0.05, 0) is 83.9 Å². The van der Waals surface area contributed by atoms with Crippen molar-refractivity contribution in [1.29, 1.82) is 0 Å². The molecule has 0 radical (unpaired) electrons. The molecule has 0 spiro atoms. The normalized spacial score (nSPS) is 11.4. The Bertz CT molecular complexity index is 5020. The fourth-order valence-corrected chi connectivity index (χ4v) is 13.7. The third-order valence-corrected chi connectivity index (χ3v) is 18.8. The summed E-state index contributed by atoms with van der Waals surface area (Å²) in [4.78, 5) is 17.0. The molecule has 0 N–H and O–H groups in total. The first-order valence-electron chi connectivity index (χ1n) is 27.0. The molecular formula is C64H65N14O3S3+5. The van der Waals surface area contributed by atoms with Crippen molar-refractivity contribution >= 4 is 130 Å². The molecule has 0 amide bonds. The summed E-state index contributed by atoms with van der Waals surface area (Å²) in [5.41, 5.74) is 14.7. The van der Waals surface area contributed by atoms with Crippen LogP contribution in [0.3, 0.4) is 0 Å². The summed E-state index contributed by atoms with van der Waals surface area (Å²) in [7, 11) is 10.1. The third kappa shape index (κ3) is 9.50. The van der Waals surface area contributed by atoms with Crippen molar-refractivity contribution in [2.75, 3.05) is 0 Å². The van der Waals surface area contributed by atoms with Crippen LogP contribution in [0.15, 0.2) is 184 Å². The molecule has 0 atom stereocenters. The molecule has 3 aromatic carbocycles. The van der Waals surface area contributed by atoms with Crippen LogP contribution < -0.4 is 22.7 Å². The first kappa shape index (κ1) is 55.1. The van der Waals surface area contributed by atoms with E-state index in [2.05, 4.69) is 172 Å². The molecule has 0 aliphatic heterocycles. The van der Waals surface area contributed by atoms with Gasteiger partial charge in [0.25, 0.3) is 28.8 Å². The van der Waals surface area contributed by atoms with Crippen molar-refractivity contribution < 1.29 is 35.9 Å². The summed E-state index contributed by atoms with van der Waals surface area (Å²) in [6, 6.07) is 43.3. The zero-order chi connectivity index (χ0) is 57.4. The molecular weight excluding hydrogens is 1110 g/mol. The van der Waals surface area contributed by atoms with E-state index in [0.717, 1.165) is 68.3 Å².